The Hall–Kier alpha value is -1.43. The summed E-state index contributed by atoms with van der Waals surface area (Å²) in [5.41, 5.74) is 5.59. The molecular formula is C13H24N2O4. The van der Waals surface area contributed by atoms with Crippen LogP contribution in [-0.2, 0) is 14.3 Å². The van der Waals surface area contributed by atoms with Crippen LogP contribution in [0.25, 0.3) is 0 Å². The van der Waals surface area contributed by atoms with Crippen LogP contribution in [0.15, 0.2) is 4.99 Å². The molecular weight excluding hydrogens is 248 g/mol. The van der Waals surface area contributed by atoms with Crippen molar-refractivity contribution in [2.24, 2.45) is 16.6 Å². The number of methoxy groups -OCH3 is 1. The van der Waals surface area contributed by atoms with Gasteiger partial charge in [-0.25, -0.2) is 0 Å². The van der Waals surface area contributed by atoms with Crippen molar-refractivity contribution in [2.45, 2.75) is 51.6 Å². The first kappa shape index (κ1) is 17.6. The summed E-state index contributed by atoms with van der Waals surface area (Å²) >= 11 is 0. The van der Waals surface area contributed by atoms with Crippen molar-refractivity contribution in [1.82, 2.24) is 0 Å². The first-order valence-electron chi connectivity index (χ1n) is 6.47. The molecule has 0 radical (unpaired) electrons. The van der Waals surface area contributed by atoms with E-state index < -0.39 is 18.1 Å². The second kappa shape index (κ2) is 9.49. The normalized spacial score (nSPS) is 14.6. The standard InChI is InChI=1S/C13H24N2O4/c1-9(2)12(11(14)13(17)18)15-8-6-4-5-7-10(16)19-3/h8-9,11-12H,4-7,14H2,1-3H3,(H,17,18)/t11-,12?/m0/s1. The zero-order chi connectivity index (χ0) is 14.8. The van der Waals surface area contributed by atoms with Crippen molar-refractivity contribution in [2.75, 3.05) is 7.11 Å². The molecule has 0 heterocycles. The van der Waals surface area contributed by atoms with Crippen LogP contribution < -0.4 is 5.73 Å². The number of unbranched alkanes of at least 4 members (excludes halogenated alkanes) is 2. The summed E-state index contributed by atoms with van der Waals surface area (Å²) in [4.78, 5) is 25.9. The highest BCUT2D eigenvalue weighted by atomic mass is 16.5. The number of nitrogens with zero attached hydrogens (tertiary/aromatic N) is 1. The van der Waals surface area contributed by atoms with Gasteiger partial charge >= 0.3 is 11.9 Å². The average molecular weight is 272 g/mol. The molecule has 0 fully saturated rings. The Kier molecular flexibility index (Phi) is 8.78. The van der Waals surface area contributed by atoms with Gasteiger partial charge in [0, 0.05) is 6.42 Å². The lowest BCUT2D eigenvalue weighted by Gasteiger charge is -2.20. The van der Waals surface area contributed by atoms with Crippen LogP contribution in [0.4, 0.5) is 0 Å². The van der Waals surface area contributed by atoms with Crippen LogP contribution in [0.3, 0.4) is 0 Å². The molecule has 0 aromatic heterocycles. The molecule has 0 aromatic rings. The van der Waals surface area contributed by atoms with Gasteiger partial charge in [0.1, 0.15) is 6.04 Å². The molecule has 2 atom stereocenters. The van der Waals surface area contributed by atoms with E-state index >= 15 is 0 Å². The minimum atomic E-state index is -1.04. The van der Waals surface area contributed by atoms with Crippen molar-refractivity contribution in [1.29, 1.82) is 0 Å². The fourth-order valence-corrected chi connectivity index (χ4v) is 1.63. The topological polar surface area (TPSA) is 102 Å². The van der Waals surface area contributed by atoms with E-state index in [1.54, 1.807) is 6.21 Å². The van der Waals surface area contributed by atoms with Crippen molar-refractivity contribution in [3.8, 4) is 0 Å². The highest BCUT2D eigenvalue weighted by Crippen LogP contribution is 2.10. The number of esters is 1. The highest BCUT2D eigenvalue weighted by Gasteiger charge is 2.25. The van der Waals surface area contributed by atoms with Crippen molar-refractivity contribution in [3.05, 3.63) is 0 Å². The van der Waals surface area contributed by atoms with Gasteiger partial charge in [-0.2, -0.15) is 0 Å². The van der Waals surface area contributed by atoms with E-state index in [-0.39, 0.29) is 11.9 Å². The number of carbonyl (C=O) groups excluding carboxylic acids is 1. The van der Waals surface area contributed by atoms with E-state index in [0.717, 1.165) is 12.8 Å². The molecule has 0 bridgehead atoms. The maximum absolute atomic E-state index is 10.9. The number of ether oxygens (including phenoxy) is 1. The minimum Gasteiger partial charge on any atom is -0.480 e. The molecule has 0 aromatic carbocycles. The van der Waals surface area contributed by atoms with Crippen molar-refractivity contribution >= 4 is 18.2 Å². The van der Waals surface area contributed by atoms with Crippen molar-refractivity contribution in [3.63, 3.8) is 0 Å². The predicted molar refractivity (Wildman–Crippen MR) is 73.2 cm³/mol. The molecule has 0 aliphatic carbocycles. The fraction of sp³-hybridized carbons (Fsp3) is 0.769. The lowest BCUT2D eigenvalue weighted by Crippen LogP contribution is -2.43. The largest absolute Gasteiger partial charge is 0.480 e. The van der Waals surface area contributed by atoms with Crippen LogP contribution in [0.2, 0.25) is 0 Å². The molecule has 0 aliphatic heterocycles. The number of hydrogen-bond acceptors (Lipinski definition) is 5. The van der Waals surface area contributed by atoms with Gasteiger partial charge in [-0.1, -0.05) is 13.8 Å². The van der Waals surface area contributed by atoms with Gasteiger partial charge in [-0.15, -0.1) is 0 Å². The van der Waals surface area contributed by atoms with Crippen LogP contribution in [0.1, 0.15) is 39.5 Å². The van der Waals surface area contributed by atoms with Gasteiger partial charge in [-0.3, -0.25) is 14.6 Å². The molecule has 0 saturated carbocycles. The summed E-state index contributed by atoms with van der Waals surface area (Å²) in [6, 6.07) is -1.40. The van der Waals surface area contributed by atoms with Gasteiger partial charge in [-0.05, 0) is 31.4 Å². The second-order valence-corrected chi connectivity index (χ2v) is 4.75. The van der Waals surface area contributed by atoms with Crippen LogP contribution in [-0.4, -0.2) is 42.5 Å². The Morgan fingerprint density at radius 1 is 1.37 bits per heavy atom. The highest BCUT2D eigenvalue weighted by molar-refractivity contribution is 5.74. The third kappa shape index (κ3) is 7.56. The minimum absolute atomic E-state index is 0.0671. The SMILES string of the molecule is COC(=O)CCCCC=NC(C(C)C)[C@H](N)C(=O)O. The lowest BCUT2D eigenvalue weighted by atomic mass is 9.98. The molecule has 19 heavy (non-hydrogen) atoms. The Balaban J connectivity index is 4.06. The molecule has 6 nitrogen and oxygen atoms in total. The number of rotatable bonds is 9. The van der Waals surface area contributed by atoms with Gasteiger partial charge in [0.25, 0.3) is 0 Å². The van der Waals surface area contributed by atoms with Gasteiger partial charge < -0.3 is 15.6 Å². The summed E-state index contributed by atoms with van der Waals surface area (Å²) in [5.74, 6) is -1.19. The van der Waals surface area contributed by atoms with E-state index in [1.807, 2.05) is 13.8 Å². The monoisotopic (exact) mass is 272 g/mol. The Morgan fingerprint density at radius 3 is 2.47 bits per heavy atom. The summed E-state index contributed by atoms with van der Waals surface area (Å²) in [6.45, 7) is 3.78. The third-order valence-corrected chi connectivity index (χ3v) is 2.81. The van der Waals surface area contributed by atoms with Crippen LogP contribution in [0, 0.1) is 5.92 Å². The number of carboxylic acid groups (broad SMARTS) is 1. The number of carboxylic acids is 1. The number of nitrogens with two attached hydrogens (primary N) is 1. The molecule has 3 N–H and O–H groups in total. The molecule has 1 unspecified atom stereocenters. The van der Waals surface area contributed by atoms with Gasteiger partial charge in [0.05, 0.1) is 13.2 Å². The number of aliphatic imine (C=N–C) groups is 1. The maximum atomic E-state index is 10.9. The Morgan fingerprint density at radius 2 is 2.00 bits per heavy atom. The Bertz CT molecular complexity index is 316. The zero-order valence-electron chi connectivity index (χ0n) is 11.8. The summed E-state index contributed by atoms with van der Waals surface area (Å²) in [5, 5.41) is 8.88. The first-order valence-corrected chi connectivity index (χ1v) is 6.47. The summed E-state index contributed by atoms with van der Waals surface area (Å²) in [7, 11) is 1.37. The quantitative estimate of drug-likeness (QED) is 0.373. The van der Waals surface area contributed by atoms with E-state index in [0.29, 0.717) is 12.8 Å². The molecule has 6 heteroatoms. The molecule has 0 saturated heterocycles. The number of carbonyl (C=O) groups is 2. The van der Waals surface area contributed by atoms with Crippen molar-refractivity contribution < 1.29 is 19.4 Å². The average Bonchev–Trinajstić information content (AvgIpc) is 2.36. The van der Waals surface area contributed by atoms with E-state index in [2.05, 4.69) is 9.73 Å². The van der Waals surface area contributed by atoms with Crippen LogP contribution in [0.5, 0.6) is 0 Å². The van der Waals surface area contributed by atoms with E-state index in [1.165, 1.54) is 7.11 Å². The molecule has 0 amide bonds. The predicted octanol–water partition coefficient (Wildman–Crippen LogP) is 1.23. The molecule has 0 rings (SSSR count). The second-order valence-electron chi connectivity index (χ2n) is 4.75. The summed E-state index contributed by atoms with van der Waals surface area (Å²) < 4.78 is 4.53. The smallest absolute Gasteiger partial charge is 0.322 e. The van der Waals surface area contributed by atoms with Gasteiger partial charge in [0.15, 0.2) is 0 Å². The molecule has 0 aliphatic rings. The van der Waals surface area contributed by atoms with Crippen LogP contribution >= 0.6 is 0 Å². The number of hydrogen-bond donors (Lipinski definition) is 2. The van der Waals surface area contributed by atoms with E-state index in [4.69, 9.17) is 10.8 Å². The van der Waals surface area contributed by atoms with Gasteiger partial charge in [0.2, 0.25) is 0 Å². The zero-order valence-corrected chi connectivity index (χ0v) is 11.8. The molecule has 0 spiro atoms. The lowest BCUT2D eigenvalue weighted by molar-refractivity contribution is -0.141. The third-order valence-electron chi connectivity index (χ3n) is 2.81. The summed E-state index contributed by atoms with van der Waals surface area (Å²) in [6.07, 6.45) is 4.34. The van der Waals surface area contributed by atoms with E-state index in [9.17, 15) is 9.59 Å². The maximum Gasteiger partial charge on any atom is 0.322 e. The number of aliphatic carboxylic acids is 1. The molecule has 110 valence electrons. The Labute approximate surface area is 114 Å². The first-order chi connectivity index (χ1) is 8.90. The fourth-order valence-electron chi connectivity index (χ4n) is 1.63.